The zero-order valence-electron chi connectivity index (χ0n) is 11.5. The van der Waals surface area contributed by atoms with E-state index in [1.807, 2.05) is 0 Å². The third-order valence-electron chi connectivity index (χ3n) is 2.21. The van der Waals surface area contributed by atoms with E-state index in [-0.39, 0.29) is 0 Å². The number of benzene rings is 1. The lowest BCUT2D eigenvalue weighted by atomic mass is 10.2. The van der Waals surface area contributed by atoms with Crippen LogP contribution in [-0.2, 0) is 10.0 Å². The fourth-order valence-electron chi connectivity index (χ4n) is 1.18. The van der Waals surface area contributed by atoms with Crippen molar-refractivity contribution in [1.82, 2.24) is 4.31 Å². The molecule has 98 valence electrons. The Morgan fingerprint density at radius 1 is 1.06 bits per heavy atom. The van der Waals surface area contributed by atoms with Gasteiger partial charge in [0.1, 0.15) is 8.07 Å². The van der Waals surface area contributed by atoms with Crippen molar-refractivity contribution in [2.75, 3.05) is 14.1 Å². The molecular formula is C13H19NO2SSi. The second-order valence-corrected chi connectivity index (χ2v) is 12.2. The zero-order valence-corrected chi connectivity index (χ0v) is 13.3. The first-order valence-corrected chi connectivity index (χ1v) is 10.6. The van der Waals surface area contributed by atoms with Crippen molar-refractivity contribution in [2.45, 2.75) is 24.5 Å². The van der Waals surface area contributed by atoms with Crippen LogP contribution >= 0.6 is 0 Å². The lowest BCUT2D eigenvalue weighted by Crippen LogP contribution is -2.22. The van der Waals surface area contributed by atoms with Gasteiger partial charge in [0.2, 0.25) is 10.0 Å². The summed E-state index contributed by atoms with van der Waals surface area (Å²) in [7, 11) is -1.69. The Bertz CT molecular complexity index is 572. The molecule has 0 unspecified atom stereocenters. The Balaban J connectivity index is 3.04. The van der Waals surface area contributed by atoms with Crippen molar-refractivity contribution in [3.63, 3.8) is 0 Å². The molecule has 1 aromatic carbocycles. The highest BCUT2D eigenvalue weighted by molar-refractivity contribution is 7.89. The predicted molar refractivity (Wildman–Crippen MR) is 77.5 cm³/mol. The van der Waals surface area contributed by atoms with Crippen LogP contribution in [0.3, 0.4) is 0 Å². The highest BCUT2D eigenvalue weighted by Crippen LogP contribution is 2.13. The van der Waals surface area contributed by atoms with Crippen LogP contribution in [0, 0.1) is 11.5 Å². The maximum Gasteiger partial charge on any atom is 0.242 e. The fraction of sp³-hybridized carbons (Fsp3) is 0.385. The van der Waals surface area contributed by atoms with E-state index in [0.29, 0.717) is 4.90 Å². The molecule has 0 aliphatic heterocycles. The van der Waals surface area contributed by atoms with Crippen molar-refractivity contribution in [3.05, 3.63) is 29.8 Å². The third kappa shape index (κ3) is 3.98. The molecule has 0 aliphatic carbocycles. The van der Waals surface area contributed by atoms with Gasteiger partial charge in [-0.2, -0.15) is 0 Å². The van der Waals surface area contributed by atoms with E-state index in [9.17, 15) is 8.42 Å². The summed E-state index contributed by atoms with van der Waals surface area (Å²) >= 11 is 0. The smallest absolute Gasteiger partial charge is 0.207 e. The fourth-order valence-corrected chi connectivity index (χ4v) is 2.60. The minimum Gasteiger partial charge on any atom is -0.207 e. The first-order valence-electron chi connectivity index (χ1n) is 5.69. The molecule has 0 aromatic heterocycles. The summed E-state index contributed by atoms with van der Waals surface area (Å²) in [5.41, 5.74) is 4.10. The molecule has 1 aromatic rings. The van der Waals surface area contributed by atoms with Crippen LogP contribution < -0.4 is 0 Å². The van der Waals surface area contributed by atoms with Crippen LogP contribution in [0.4, 0.5) is 0 Å². The summed E-state index contributed by atoms with van der Waals surface area (Å²) in [6, 6.07) is 6.71. The summed E-state index contributed by atoms with van der Waals surface area (Å²) in [4.78, 5) is 0.297. The van der Waals surface area contributed by atoms with Crippen molar-refractivity contribution >= 4 is 18.1 Å². The molecule has 0 fully saturated rings. The molecule has 5 heteroatoms. The number of rotatable bonds is 2. The van der Waals surface area contributed by atoms with Gasteiger partial charge in [-0.3, -0.25) is 0 Å². The number of hydrogen-bond donors (Lipinski definition) is 0. The van der Waals surface area contributed by atoms with Crippen molar-refractivity contribution in [3.8, 4) is 11.5 Å². The second-order valence-electron chi connectivity index (χ2n) is 5.31. The SMILES string of the molecule is CN(C)S(=O)(=O)c1ccc(C#C[Si](C)(C)C)cc1. The molecule has 1 rings (SSSR count). The van der Waals surface area contributed by atoms with Crippen LogP contribution in [0.1, 0.15) is 5.56 Å². The molecule has 0 saturated carbocycles. The van der Waals surface area contributed by atoms with E-state index >= 15 is 0 Å². The summed E-state index contributed by atoms with van der Waals surface area (Å²) in [6.07, 6.45) is 0. The van der Waals surface area contributed by atoms with Gasteiger partial charge in [-0.25, -0.2) is 12.7 Å². The van der Waals surface area contributed by atoms with Crippen LogP contribution in [0.5, 0.6) is 0 Å². The van der Waals surface area contributed by atoms with Crippen LogP contribution in [0.15, 0.2) is 29.2 Å². The van der Waals surface area contributed by atoms with Gasteiger partial charge in [-0.1, -0.05) is 25.6 Å². The molecule has 3 nitrogen and oxygen atoms in total. The van der Waals surface area contributed by atoms with Crippen LogP contribution in [0.25, 0.3) is 0 Å². The van der Waals surface area contributed by atoms with Crippen LogP contribution in [0.2, 0.25) is 19.6 Å². The van der Waals surface area contributed by atoms with Gasteiger partial charge in [0.15, 0.2) is 0 Å². The Labute approximate surface area is 111 Å². The quantitative estimate of drug-likeness (QED) is 0.615. The average Bonchev–Trinajstić information content (AvgIpc) is 2.26. The predicted octanol–water partition coefficient (Wildman–Crippen LogP) is 2.17. The summed E-state index contributed by atoms with van der Waals surface area (Å²) in [5.74, 6) is 3.10. The Morgan fingerprint density at radius 3 is 1.94 bits per heavy atom. The van der Waals surface area contributed by atoms with Gasteiger partial charge >= 0.3 is 0 Å². The summed E-state index contributed by atoms with van der Waals surface area (Å²) in [6.45, 7) is 6.51. The minimum absolute atomic E-state index is 0.297. The molecule has 0 amide bonds. The monoisotopic (exact) mass is 281 g/mol. The first-order chi connectivity index (χ1) is 8.13. The van der Waals surface area contributed by atoms with Crippen LogP contribution in [-0.4, -0.2) is 34.9 Å². The molecule has 0 radical (unpaired) electrons. The molecule has 0 aliphatic rings. The Morgan fingerprint density at radius 2 is 1.56 bits per heavy atom. The van der Waals surface area contributed by atoms with Gasteiger partial charge in [-0.15, -0.1) is 5.54 Å². The van der Waals surface area contributed by atoms with E-state index in [1.54, 1.807) is 24.3 Å². The number of hydrogen-bond acceptors (Lipinski definition) is 2. The standard InChI is InChI=1S/C13H19NO2SSi/c1-14(2)17(15,16)13-8-6-12(7-9-13)10-11-18(3,4)5/h6-9H,1-5H3. The van der Waals surface area contributed by atoms with Crippen molar-refractivity contribution in [1.29, 1.82) is 0 Å². The van der Waals surface area contributed by atoms with E-state index < -0.39 is 18.1 Å². The normalized spacial score (nSPS) is 12.1. The lowest BCUT2D eigenvalue weighted by Gasteiger charge is -2.10. The lowest BCUT2D eigenvalue weighted by molar-refractivity contribution is 0.521. The number of nitrogens with zero attached hydrogens (tertiary/aromatic N) is 1. The van der Waals surface area contributed by atoms with Gasteiger partial charge in [0, 0.05) is 19.7 Å². The van der Waals surface area contributed by atoms with E-state index in [4.69, 9.17) is 0 Å². The van der Waals surface area contributed by atoms with E-state index in [1.165, 1.54) is 18.4 Å². The van der Waals surface area contributed by atoms with Gasteiger partial charge in [-0.05, 0) is 24.3 Å². The molecule has 0 saturated heterocycles. The van der Waals surface area contributed by atoms with Gasteiger partial charge in [0.05, 0.1) is 4.90 Å². The molecule has 0 N–H and O–H groups in total. The first kappa shape index (κ1) is 15.0. The minimum atomic E-state index is -3.34. The maximum absolute atomic E-state index is 11.9. The maximum atomic E-state index is 11.9. The molecule has 18 heavy (non-hydrogen) atoms. The molecule has 0 bridgehead atoms. The highest BCUT2D eigenvalue weighted by Gasteiger charge is 2.16. The topological polar surface area (TPSA) is 37.4 Å². The Kier molecular flexibility index (Phi) is 4.38. The van der Waals surface area contributed by atoms with E-state index in [2.05, 4.69) is 31.1 Å². The second kappa shape index (κ2) is 5.27. The van der Waals surface area contributed by atoms with Gasteiger partial charge in [0.25, 0.3) is 0 Å². The third-order valence-corrected chi connectivity index (χ3v) is 4.92. The average molecular weight is 281 g/mol. The zero-order chi connectivity index (χ0) is 14.0. The van der Waals surface area contributed by atoms with Crippen molar-refractivity contribution in [2.24, 2.45) is 0 Å². The summed E-state index contributed by atoms with van der Waals surface area (Å²) in [5, 5.41) is 0. The highest BCUT2D eigenvalue weighted by atomic mass is 32.2. The van der Waals surface area contributed by atoms with Crippen molar-refractivity contribution < 1.29 is 8.42 Å². The van der Waals surface area contributed by atoms with E-state index in [0.717, 1.165) is 5.56 Å². The Hall–Kier alpha value is -1.09. The molecule has 0 heterocycles. The summed E-state index contributed by atoms with van der Waals surface area (Å²) < 4.78 is 24.9. The largest absolute Gasteiger partial charge is 0.242 e. The molecule has 0 spiro atoms. The molecule has 0 atom stereocenters. The van der Waals surface area contributed by atoms with Gasteiger partial charge < -0.3 is 0 Å². The molecular weight excluding hydrogens is 262 g/mol. The number of sulfonamides is 1.